The van der Waals surface area contributed by atoms with Crippen molar-refractivity contribution in [1.29, 1.82) is 0 Å². The van der Waals surface area contributed by atoms with E-state index in [0.29, 0.717) is 34.4 Å². The molecule has 0 unspecified atom stereocenters. The second kappa shape index (κ2) is 9.02. The first-order valence-electron chi connectivity index (χ1n) is 11.7. The van der Waals surface area contributed by atoms with Gasteiger partial charge in [0.15, 0.2) is 11.5 Å². The molecule has 1 aliphatic heterocycles. The SMILES string of the molecule is Cc1c(C(=O)NCCCc2ccccc2)oc2ccc3c(c12)C(=O)C[C@@](C)(c1ccc(F)cc1)O3. The second-order valence-corrected chi connectivity index (χ2v) is 9.15. The molecule has 1 atom stereocenters. The number of amides is 1. The summed E-state index contributed by atoms with van der Waals surface area (Å²) >= 11 is 0. The summed E-state index contributed by atoms with van der Waals surface area (Å²) in [4.78, 5) is 26.2. The second-order valence-electron chi connectivity index (χ2n) is 9.15. The number of hydrogen-bond acceptors (Lipinski definition) is 4. The minimum Gasteiger partial charge on any atom is -0.482 e. The molecular formula is C29H26FNO4. The highest BCUT2D eigenvalue weighted by Crippen LogP contribution is 2.44. The molecule has 0 spiro atoms. The summed E-state index contributed by atoms with van der Waals surface area (Å²) in [7, 11) is 0. The Morgan fingerprint density at radius 1 is 1.06 bits per heavy atom. The van der Waals surface area contributed by atoms with E-state index in [1.807, 2.05) is 25.1 Å². The van der Waals surface area contributed by atoms with Gasteiger partial charge in [0.05, 0.1) is 12.0 Å². The highest BCUT2D eigenvalue weighted by Gasteiger charge is 2.40. The fraction of sp³-hybridized carbons (Fsp3) is 0.241. The van der Waals surface area contributed by atoms with E-state index in [1.165, 1.54) is 17.7 Å². The van der Waals surface area contributed by atoms with Crippen LogP contribution in [0, 0.1) is 12.7 Å². The Morgan fingerprint density at radius 3 is 2.54 bits per heavy atom. The maximum atomic E-state index is 13.4. The van der Waals surface area contributed by atoms with Crippen LogP contribution in [-0.2, 0) is 12.0 Å². The van der Waals surface area contributed by atoms with Crippen LogP contribution in [0.1, 0.15) is 57.4 Å². The van der Waals surface area contributed by atoms with E-state index in [1.54, 1.807) is 31.2 Å². The van der Waals surface area contributed by atoms with Crippen molar-refractivity contribution in [1.82, 2.24) is 5.32 Å². The standard InChI is InChI=1S/C29H26FNO4/c1-18-25-23(34-27(18)28(33)31-16-6-9-19-7-4-3-5-8-19)14-15-24-26(25)22(32)17-29(2,35-24)20-10-12-21(30)13-11-20/h3-5,7-8,10-15H,6,9,16-17H2,1-2H3,(H,31,33)/t29-/m0/s1. The lowest BCUT2D eigenvalue weighted by molar-refractivity contribution is 0.0507. The normalized spacial score (nSPS) is 17.2. The lowest BCUT2D eigenvalue weighted by Gasteiger charge is -2.35. The van der Waals surface area contributed by atoms with Gasteiger partial charge in [-0.1, -0.05) is 42.5 Å². The number of Topliss-reactive ketones (excluding diaryl/α,β-unsaturated/α-hetero) is 1. The van der Waals surface area contributed by atoms with Crippen LogP contribution in [0.4, 0.5) is 4.39 Å². The molecule has 5 rings (SSSR count). The Bertz CT molecular complexity index is 1410. The Labute approximate surface area is 202 Å². The Balaban J connectivity index is 1.37. The van der Waals surface area contributed by atoms with E-state index in [-0.39, 0.29) is 29.7 Å². The van der Waals surface area contributed by atoms with Crippen LogP contribution in [0.3, 0.4) is 0 Å². The molecular weight excluding hydrogens is 445 g/mol. The van der Waals surface area contributed by atoms with E-state index in [2.05, 4.69) is 17.4 Å². The van der Waals surface area contributed by atoms with Gasteiger partial charge in [0.2, 0.25) is 0 Å². The molecule has 1 amide bonds. The molecule has 0 saturated heterocycles. The Hall–Kier alpha value is -3.93. The highest BCUT2D eigenvalue weighted by atomic mass is 19.1. The molecule has 0 bridgehead atoms. The lowest BCUT2D eigenvalue weighted by atomic mass is 9.84. The van der Waals surface area contributed by atoms with Crippen molar-refractivity contribution in [3.8, 4) is 5.75 Å². The van der Waals surface area contributed by atoms with Gasteiger partial charge in [-0.15, -0.1) is 0 Å². The van der Waals surface area contributed by atoms with Crippen LogP contribution in [0.5, 0.6) is 5.75 Å². The number of hydrogen-bond donors (Lipinski definition) is 1. The van der Waals surface area contributed by atoms with Crippen molar-refractivity contribution < 1.29 is 23.1 Å². The lowest BCUT2D eigenvalue weighted by Crippen LogP contribution is -2.36. The van der Waals surface area contributed by atoms with Gasteiger partial charge in [-0.3, -0.25) is 9.59 Å². The molecule has 178 valence electrons. The van der Waals surface area contributed by atoms with E-state index in [9.17, 15) is 14.0 Å². The van der Waals surface area contributed by atoms with Crippen LogP contribution in [-0.4, -0.2) is 18.2 Å². The number of halogens is 1. The van der Waals surface area contributed by atoms with Crippen LogP contribution >= 0.6 is 0 Å². The van der Waals surface area contributed by atoms with Gasteiger partial charge in [-0.05, 0) is 62.1 Å². The van der Waals surface area contributed by atoms with Crippen LogP contribution in [0.25, 0.3) is 11.0 Å². The molecule has 1 aliphatic rings. The van der Waals surface area contributed by atoms with Crippen molar-refractivity contribution in [3.05, 3.63) is 101 Å². The van der Waals surface area contributed by atoms with Gasteiger partial charge in [-0.25, -0.2) is 4.39 Å². The number of ketones is 1. The first kappa shape index (κ1) is 22.8. The van der Waals surface area contributed by atoms with E-state index < -0.39 is 5.60 Å². The zero-order valence-corrected chi connectivity index (χ0v) is 19.7. The average molecular weight is 472 g/mol. The topological polar surface area (TPSA) is 68.5 Å². The number of aryl methyl sites for hydroxylation is 2. The number of fused-ring (bicyclic) bond motifs is 3. The molecule has 0 saturated carbocycles. The first-order chi connectivity index (χ1) is 16.9. The van der Waals surface area contributed by atoms with Crippen LogP contribution < -0.4 is 10.1 Å². The monoisotopic (exact) mass is 471 g/mol. The summed E-state index contributed by atoms with van der Waals surface area (Å²) in [5.74, 6) is -0.128. The quantitative estimate of drug-likeness (QED) is 0.344. The zero-order valence-electron chi connectivity index (χ0n) is 19.7. The van der Waals surface area contributed by atoms with Crippen molar-refractivity contribution in [2.75, 3.05) is 6.54 Å². The summed E-state index contributed by atoms with van der Waals surface area (Å²) < 4.78 is 25.6. The van der Waals surface area contributed by atoms with Crippen molar-refractivity contribution in [2.45, 2.75) is 38.7 Å². The summed E-state index contributed by atoms with van der Waals surface area (Å²) in [6.45, 7) is 4.12. The first-order valence-corrected chi connectivity index (χ1v) is 11.7. The number of rotatable bonds is 6. The maximum absolute atomic E-state index is 13.4. The third kappa shape index (κ3) is 4.32. The predicted octanol–water partition coefficient (Wildman–Crippen LogP) is 6.12. The summed E-state index contributed by atoms with van der Waals surface area (Å²) in [6, 6.07) is 19.5. The average Bonchev–Trinajstić information content (AvgIpc) is 3.19. The van der Waals surface area contributed by atoms with Gasteiger partial charge < -0.3 is 14.5 Å². The van der Waals surface area contributed by atoms with E-state index in [0.717, 1.165) is 18.4 Å². The molecule has 0 fully saturated rings. The Morgan fingerprint density at radius 2 is 1.80 bits per heavy atom. The van der Waals surface area contributed by atoms with Crippen molar-refractivity contribution in [2.24, 2.45) is 0 Å². The highest BCUT2D eigenvalue weighted by molar-refractivity contribution is 6.13. The third-order valence-electron chi connectivity index (χ3n) is 6.60. The van der Waals surface area contributed by atoms with Crippen LogP contribution in [0.2, 0.25) is 0 Å². The molecule has 0 radical (unpaired) electrons. The van der Waals surface area contributed by atoms with Crippen LogP contribution in [0.15, 0.2) is 71.1 Å². The predicted molar refractivity (Wildman–Crippen MR) is 131 cm³/mol. The molecule has 0 aliphatic carbocycles. The van der Waals surface area contributed by atoms with Gasteiger partial charge in [-0.2, -0.15) is 0 Å². The molecule has 1 aromatic heterocycles. The third-order valence-corrected chi connectivity index (χ3v) is 6.60. The number of carbonyl (C=O) groups is 2. The van der Waals surface area contributed by atoms with Gasteiger partial charge in [0, 0.05) is 17.5 Å². The van der Waals surface area contributed by atoms with E-state index in [4.69, 9.17) is 9.15 Å². The number of furan rings is 1. The molecule has 4 aromatic rings. The molecule has 2 heterocycles. The smallest absolute Gasteiger partial charge is 0.287 e. The van der Waals surface area contributed by atoms with Gasteiger partial charge in [0.25, 0.3) is 5.91 Å². The molecule has 35 heavy (non-hydrogen) atoms. The minimum atomic E-state index is -0.915. The maximum Gasteiger partial charge on any atom is 0.287 e. The summed E-state index contributed by atoms with van der Waals surface area (Å²) in [6.07, 6.45) is 1.77. The van der Waals surface area contributed by atoms with Gasteiger partial charge >= 0.3 is 0 Å². The van der Waals surface area contributed by atoms with Crippen molar-refractivity contribution >= 4 is 22.7 Å². The number of ether oxygens (including phenoxy) is 1. The zero-order chi connectivity index (χ0) is 24.6. The van der Waals surface area contributed by atoms with Gasteiger partial charge in [0.1, 0.15) is 22.8 Å². The number of nitrogens with one attached hydrogen (secondary N) is 1. The fourth-order valence-electron chi connectivity index (χ4n) is 4.76. The molecule has 1 N–H and O–H groups in total. The summed E-state index contributed by atoms with van der Waals surface area (Å²) in [5.41, 5.74) is 2.53. The van der Waals surface area contributed by atoms with Crippen molar-refractivity contribution in [3.63, 3.8) is 0 Å². The molecule has 6 heteroatoms. The minimum absolute atomic E-state index is 0.0936. The fourth-order valence-corrected chi connectivity index (χ4v) is 4.76. The summed E-state index contributed by atoms with van der Waals surface area (Å²) in [5, 5.41) is 3.52. The number of benzene rings is 3. The largest absolute Gasteiger partial charge is 0.482 e. The number of carbonyl (C=O) groups excluding carboxylic acids is 2. The Kier molecular flexibility index (Phi) is 5.89. The molecule has 5 nitrogen and oxygen atoms in total. The molecule has 3 aromatic carbocycles. The van der Waals surface area contributed by atoms with E-state index >= 15 is 0 Å².